The second kappa shape index (κ2) is 2.50. The van der Waals surface area contributed by atoms with Crippen molar-refractivity contribution < 1.29 is 19.5 Å². The molecule has 1 amide bonds. The number of thioether (sulfide) groups is 1. The second-order valence-corrected chi connectivity index (χ2v) is 5.63. The summed E-state index contributed by atoms with van der Waals surface area (Å²) in [6.07, 6.45) is 0. The summed E-state index contributed by atoms with van der Waals surface area (Å²) in [4.78, 5) is 34.3. The van der Waals surface area contributed by atoms with Crippen LogP contribution in [0.2, 0.25) is 0 Å². The first-order valence-electron chi connectivity index (χ1n) is 4.13. The second-order valence-electron chi connectivity index (χ2n) is 3.89. The Labute approximate surface area is 84.4 Å². The van der Waals surface area contributed by atoms with Gasteiger partial charge in [-0.25, -0.2) is 4.79 Å². The molecule has 2 saturated heterocycles. The van der Waals surface area contributed by atoms with Gasteiger partial charge in [0, 0.05) is 4.75 Å². The van der Waals surface area contributed by atoms with Crippen molar-refractivity contribution in [3.63, 3.8) is 0 Å². The van der Waals surface area contributed by atoms with Crippen LogP contribution < -0.4 is 0 Å². The molecule has 2 heterocycles. The number of hydrogen-bond acceptors (Lipinski definition) is 4. The van der Waals surface area contributed by atoms with Gasteiger partial charge in [-0.3, -0.25) is 9.59 Å². The van der Waals surface area contributed by atoms with Gasteiger partial charge in [-0.15, -0.1) is 11.8 Å². The predicted octanol–water partition coefficient (Wildman–Crippen LogP) is -0.298. The molecule has 0 aliphatic carbocycles. The van der Waals surface area contributed by atoms with Gasteiger partial charge in [0.25, 0.3) is 11.7 Å². The molecule has 2 atom stereocenters. The zero-order chi connectivity index (χ0) is 10.7. The van der Waals surface area contributed by atoms with Gasteiger partial charge in [0.05, 0.1) is 0 Å². The van der Waals surface area contributed by atoms with Crippen LogP contribution in [0.5, 0.6) is 0 Å². The zero-order valence-corrected chi connectivity index (χ0v) is 8.50. The maximum Gasteiger partial charge on any atom is 0.327 e. The molecule has 2 aliphatic heterocycles. The fourth-order valence-corrected chi connectivity index (χ4v) is 3.32. The Bertz CT molecular complexity index is 351. The van der Waals surface area contributed by atoms with Crippen LogP contribution in [0.1, 0.15) is 13.8 Å². The first-order valence-corrected chi connectivity index (χ1v) is 5.01. The molecule has 2 rings (SSSR count). The number of carbonyl (C=O) groups excluding carboxylic acids is 2. The van der Waals surface area contributed by atoms with Gasteiger partial charge in [-0.1, -0.05) is 0 Å². The van der Waals surface area contributed by atoms with Crippen molar-refractivity contribution in [2.45, 2.75) is 30.0 Å². The lowest BCUT2D eigenvalue weighted by Gasteiger charge is -2.34. The molecular formula is C8H9NO4S. The van der Waals surface area contributed by atoms with E-state index in [0.717, 1.165) is 4.90 Å². The molecule has 6 heteroatoms. The first kappa shape index (κ1) is 9.51. The Kier molecular flexibility index (Phi) is 1.70. The standard InChI is InChI=1S/C8H9NO4S/c1-8(2)4(7(12)13)9-5(11)3(10)6(9)14-8/h4,6H,1-2H3,(H,12,13)/t4-,6+/m0/s1. The fourth-order valence-electron chi connectivity index (χ4n) is 1.87. The van der Waals surface area contributed by atoms with Gasteiger partial charge in [0.15, 0.2) is 0 Å². The van der Waals surface area contributed by atoms with E-state index in [-0.39, 0.29) is 0 Å². The molecule has 0 saturated carbocycles. The number of β-lactam (4-membered cyclic amide) rings is 1. The van der Waals surface area contributed by atoms with Gasteiger partial charge in [-0.05, 0) is 13.8 Å². The number of aliphatic carboxylic acids is 1. The summed E-state index contributed by atoms with van der Waals surface area (Å²) in [5.74, 6) is -2.20. The maximum absolute atomic E-state index is 11.1. The Hall–Kier alpha value is -1.04. The summed E-state index contributed by atoms with van der Waals surface area (Å²) in [6.45, 7) is 3.46. The summed E-state index contributed by atoms with van der Waals surface area (Å²) in [5.41, 5.74) is 0. The van der Waals surface area contributed by atoms with Crippen molar-refractivity contribution in [3.8, 4) is 0 Å². The van der Waals surface area contributed by atoms with Crippen molar-refractivity contribution in [2.24, 2.45) is 0 Å². The summed E-state index contributed by atoms with van der Waals surface area (Å²) in [7, 11) is 0. The lowest BCUT2D eigenvalue weighted by Crippen LogP contribution is -2.63. The Morgan fingerprint density at radius 2 is 2.07 bits per heavy atom. The third kappa shape index (κ3) is 0.943. The highest BCUT2D eigenvalue weighted by Gasteiger charge is 2.63. The highest BCUT2D eigenvalue weighted by atomic mass is 32.2. The third-order valence-electron chi connectivity index (χ3n) is 2.51. The van der Waals surface area contributed by atoms with Crippen LogP contribution in [0.4, 0.5) is 0 Å². The van der Waals surface area contributed by atoms with E-state index in [0.29, 0.717) is 0 Å². The van der Waals surface area contributed by atoms with Gasteiger partial charge in [-0.2, -0.15) is 0 Å². The van der Waals surface area contributed by atoms with Crippen LogP contribution in [0.3, 0.4) is 0 Å². The van der Waals surface area contributed by atoms with Crippen LogP contribution in [0, 0.1) is 0 Å². The SMILES string of the molecule is CC1(C)S[C@@H]2C(=O)C(=O)N2[C@H]1C(=O)O. The number of ketones is 1. The van der Waals surface area contributed by atoms with Crippen LogP contribution >= 0.6 is 11.8 Å². The lowest BCUT2D eigenvalue weighted by atomic mass is 9.98. The largest absolute Gasteiger partial charge is 0.480 e. The van der Waals surface area contributed by atoms with Gasteiger partial charge >= 0.3 is 5.97 Å². The van der Waals surface area contributed by atoms with E-state index in [1.807, 2.05) is 0 Å². The van der Waals surface area contributed by atoms with Gasteiger partial charge < -0.3 is 10.0 Å². The topological polar surface area (TPSA) is 74.7 Å². The molecular weight excluding hydrogens is 206 g/mol. The van der Waals surface area contributed by atoms with Crippen LogP contribution in [0.15, 0.2) is 0 Å². The van der Waals surface area contributed by atoms with E-state index < -0.39 is 33.8 Å². The molecule has 2 aliphatic rings. The number of Topliss-reactive ketones (excluding diaryl/α,β-unsaturated/α-hetero) is 1. The van der Waals surface area contributed by atoms with Crippen molar-refractivity contribution in [3.05, 3.63) is 0 Å². The number of carboxylic acids is 1. The smallest absolute Gasteiger partial charge is 0.327 e. The number of carboxylic acid groups (broad SMARTS) is 1. The quantitative estimate of drug-likeness (QED) is 0.480. The van der Waals surface area contributed by atoms with Crippen molar-refractivity contribution in [1.29, 1.82) is 0 Å². The van der Waals surface area contributed by atoms with E-state index in [4.69, 9.17) is 5.11 Å². The Morgan fingerprint density at radius 3 is 2.57 bits per heavy atom. The molecule has 0 bridgehead atoms. The molecule has 14 heavy (non-hydrogen) atoms. The predicted molar refractivity (Wildman–Crippen MR) is 48.7 cm³/mol. The van der Waals surface area contributed by atoms with E-state index in [1.165, 1.54) is 11.8 Å². The first-order chi connectivity index (χ1) is 6.36. The minimum Gasteiger partial charge on any atom is -0.480 e. The number of rotatable bonds is 1. The molecule has 5 nitrogen and oxygen atoms in total. The minimum absolute atomic E-state index is 0.480. The number of hydrogen-bond donors (Lipinski definition) is 1. The van der Waals surface area contributed by atoms with Crippen LogP contribution in [-0.4, -0.2) is 43.8 Å². The highest BCUT2D eigenvalue weighted by Crippen LogP contribution is 2.48. The molecule has 76 valence electrons. The molecule has 0 spiro atoms. The summed E-state index contributed by atoms with van der Waals surface area (Å²) in [5, 5.41) is 8.39. The van der Waals surface area contributed by atoms with Gasteiger partial charge in [0.2, 0.25) is 0 Å². The van der Waals surface area contributed by atoms with E-state index >= 15 is 0 Å². The minimum atomic E-state index is -1.05. The molecule has 0 unspecified atom stereocenters. The van der Waals surface area contributed by atoms with Crippen molar-refractivity contribution in [1.82, 2.24) is 4.90 Å². The van der Waals surface area contributed by atoms with Crippen molar-refractivity contribution >= 4 is 29.4 Å². The van der Waals surface area contributed by atoms with Crippen LogP contribution in [-0.2, 0) is 14.4 Å². The normalized spacial score (nSPS) is 34.0. The van der Waals surface area contributed by atoms with Crippen LogP contribution in [0.25, 0.3) is 0 Å². The molecule has 0 aromatic carbocycles. The van der Waals surface area contributed by atoms with E-state index in [1.54, 1.807) is 13.8 Å². The van der Waals surface area contributed by atoms with Gasteiger partial charge in [0.1, 0.15) is 11.4 Å². The molecule has 2 fully saturated rings. The Morgan fingerprint density at radius 1 is 1.50 bits per heavy atom. The molecule has 0 aromatic rings. The summed E-state index contributed by atoms with van der Waals surface area (Å²) >= 11 is 1.24. The summed E-state index contributed by atoms with van der Waals surface area (Å²) < 4.78 is -0.599. The molecule has 1 N–H and O–H groups in total. The van der Waals surface area contributed by atoms with E-state index in [2.05, 4.69) is 0 Å². The van der Waals surface area contributed by atoms with E-state index in [9.17, 15) is 14.4 Å². The number of fused-ring (bicyclic) bond motifs is 1. The molecule has 0 radical (unpaired) electrons. The third-order valence-corrected chi connectivity index (χ3v) is 4.00. The monoisotopic (exact) mass is 215 g/mol. The average Bonchev–Trinajstić information content (AvgIpc) is 2.34. The number of nitrogens with zero attached hydrogens (tertiary/aromatic N) is 1. The Balaban J connectivity index is 2.36. The lowest BCUT2D eigenvalue weighted by molar-refractivity contribution is -0.164. The fraction of sp³-hybridized carbons (Fsp3) is 0.625. The highest BCUT2D eigenvalue weighted by molar-refractivity contribution is 8.02. The number of amides is 1. The average molecular weight is 215 g/mol. The zero-order valence-electron chi connectivity index (χ0n) is 7.68. The summed E-state index contributed by atoms with van der Waals surface area (Å²) in [6, 6.07) is -0.886. The molecule has 0 aromatic heterocycles. The van der Waals surface area contributed by atoms with Crippen molar-refractivity contribution in [2.75, 3.05) is 0 Å². The maximum atomic E-state index is 11.1. The number of carbonyl (C=O) groups is 3.